The summed E-state index contributed by atoms with van der Waals surface area (Å²) in [5.41, 5.74) is 1.96. The van der Waals surface area contributed by atoms with Gasteiger partial charge in [-0.25, -0.2) is 0 Å². The summed E-state index contributed by atoms with van der Waals surface area (Å²) >= 11 is 9.28. The molecule has 0 aliphatic carbocycles. The Morgan fingerprint density at radius 1 is 1.05 bits per heavy atom. The van der Waals surface area contributed by atoms with Crippen molar-refractivity contribution in [2.24, 2.45) is 0 Å². The van der Waals surface area contributed by atoms with Crippen molar-refractivity contribution in [1.29, 1.82) is 0 Å². The summed E-state index contributed by atoms with van der Waals surface area (Å²) in [4.78, 5) is 10.7. The van der Waals surface area contributed by atoms with Crippen molar-refractivity contribution < 1.29 is 9.53 Å². The van der Waals surface area contributed by atoms with E-state index in [1.807, 2.05) is 18.2 Å². The zero-order valence-electron chi connectivity index (χ0n) is 12.2. The number of rotatable bonds is 8. The Kier molecular flexibility index (Phi) is 6.94. The third kappa shape index (κ3) is 5.47. The van der Waals surface area contributed by atoms with Gasteiger partial charge >= 0.3 is 0 Å². The molecule has 0 N–H and O–H groups in total. The van der Waals surface area contributed by atoms with Crippen LogP contribution in [0.4, 0.5) is 0 Å². The van der Waals surface area contributed by atoms with Gasteiger partial charge in [0, 0.05) is 10.6 Å². The van der Waals surface area contributed by atoms with Crippen LogP contribution in [0.1, 0.15) is 35.2 Å². The maximum Gasteiger partial charge on any atom is 0.150 e. The van der Waals surface area contributed by atoms with Crippen molar-refractivity contribution in [2.75, 3.05) is 6.61 Å². The van der Waals surface area contributed by atoms with E-state index in [-0.39, 0.29) is 0 Å². The molecule has 0 fully saturated rings. The fourth-order valence-corrected chi connectivity index (χ4v) is 2.79. The molecule has 0 heterocycles. The van der Waals surface area contributed by atoms with Crippen LogP contribution in [0.3, 0.4) is 0 Å². The Morgan fingerprint density at radius 3 is 2.50 bits per heavy atom. The second kappa shape index (κ2) is 8.96. The molecule has 2 nitrogen and oxygen atoms in total. The first-order valence-electron chi connectivity index (χ1n) is 7.31. The van der Waals surface area contributed by atoms with Crippen molar-refractivity contribution in [3.05, 3.63) is 63.1 Å². The molecule has 0 aliphatic rings. The van der Waals surface area contributed by atoms with Crippen LogP contribution in [0, 0.1) is 0 Å². The SMILES string of the molecule is O=Cc1ccc(OCCCCCc2ccc(Cl)cc2)c(Br)c1. The van der Waals surface area contributed by atoms with E-state index in [9.17, 15) is 4.79 Å². The molecule has 0 saturated carbocycles. The highest BCUT2D eigenvalue weighted by molar-refractivity contribution is 9.10. The summed E-state index contributed by atoms with van der Waals surface area (Å²) in [5, 5.41) is 0.781. The molecule has 0 bridgehead atoms. The molecule has 0 unspecified atom stereocenters. The van der Waals surface area contributed by atoms with Gasteiger partial charge in [-0.15, -0.1) is 0 Å². The van der Waals surface area contributed by atoms with Gasteiger partial charge in [-0.2, -0.15) is 0 Å². The van der Waals surface area contributed by atoms with Gasteiger partial charge < -0.3 is 4.74 Å². The lowest BCUT2D eigenvalue weighted by Gasteiger charge is -2.08. The average molecular weight is 382 g/mol. The number of carbonyl (C=O) groups excluding carboxylic acids is 1. The van der Waals surface area contributed by atoms with E-state index in [1.165, 1.54) is 5.56 Å². The maximum absolute atomic E-state index is 10.7. The summed E-state index contributed by atoms with van der Waals surface area (Å²) in [5.74, 6) is 0.781. The highest BCUT2D eigenvalue weighted by Gasteiger charge is 2.02. The van der Waals surface area contributed by atoms with Crippen LogP contribution in [0.15, 0.2) is 46.9 Å². The average Bonchev–Trinajstić information content (AvgIpc) is 2.53. The highest BCUT2D eigenvalue weighted by atomic mass is 79.9. The second-order valence-corrected chi connectivity index (χ2v) is 6.38. The summed E-state index contributed by atoms with van der Waals surface area (Å²) in [6.45, 7) is 0.680. The molecule has 2 aromatic rings. The zero-order valence-corrected chi connectivity index (χ0v) is 14.6. The third-order valence-electron chi connectivity index (χ3n) is 3.37. The number of aldehydes is 1. The molecule has 0 spiro atoms. The predicted octanol–water partition coefficient (Wildman–Crippen LogP) is 5.71. The van der Waals surface area contributed by atoms with Crippen LogP contribution in [0.5, 0.6) is 5.75 Å². The smallest absolute Gasteiger partial charge is 0.150 e. The van der Waals surface area contributed by atoms with Crippen molar-refractivity contribution in [2.45, 2.75) is 25.7 Å². The van der Waals surface area contributed by atoms with Crippen LogP contribution >= 0.6 is 27.5 Å². The number of benzene rings is 2. The van der Waals surface area contributed by atoms with E-state index in [1.54, 1.807) is 12.1 Å². The van der Waals surface area contributed by atoms with Gasteiger partial charge in [0.15, 0.2) is 0 Å². The minimum atomic E-state index is 0.641. The molecular weight excluding hydrogens is 364 g/mol. The second-order valence-electron chi connectivity index (χ2n) is 5.09. The molecule has 0 aliphatic heterocycles. The summed E-state index contributed by atoms with van der Waals surface area (Å²) in [6.07, 6.45) is 5.15. The predicted molar refractivity (Wildman–Crippen MR) is 94.0 cm³/mol. The third-order valence-corrected chi connectivity index (χ3v) is 4.24. The van der Waals surface area contributed by atoms with Crippen molar-refractivity contribution in [3.8, 4) is 5.75 Å². The van der Waals surface area contributed by atoms with Crippen LogP contribution in [0.2, 0.25) is 5.02 Å². The van der Waals surface area contributed by atoms with Gasteiger partial charge in [0.05, 0.1) is 11.1 Å². The molecule has 22 heavy (non-hydrogen) atoms. The quantitative estimate of drug-likeness (QED) is 0.432. The normalized spacial score (nSPS) is 10.5. The molecule has 0 radical (unpaired) electrons. The summed E-state index contributed by atoms with van der Waals surface area (Å²) in [7, 11) is 0. The fourth-order valence-electron chi connectivity index (χ4n) is 2.15. The molecule has 2 aromatic carbocycles. The first kappa shape index (κ1) is 17.0. The molecule has 0 aromatic heterocycles. The maximum atomic E-state index is 10.7. The van der Waals surface area contributed by atoms with Gasteiger partial charge in [0.1, 0.15) is 12.0 Å². The minimum absolute atomic E-state index is 0.641. The number of ether oxygens (including phenoxy) is 1. The highest BCUT2D eigenvalue weighted by Crippen LogP contribution is 2.25. The number of carbonyl (C=O) groups is 1. The van der Waals surface area contributed by atoms with Crippen molar-refractivity contribution in [1.82, 2.24) is 0 Å². The minimum Gasteiger partial charge on any atom is -0.492 e. The largest absolute Gasteiger partial charge is 0.492 e. The zero-order chi connectivity index (χ0) is 15.8. The van der Waals surface area contributed by atoms with Gasteiger partial charge in [-0.3, -0.25) is 4.79 Å². The lowest BCUT2D eigenvalue weighted by molar-refractivity contribution is 0.112. The lowest BCUT2D eigenvalue weighted by Crippen LogP contribution is -1.99. The number of unbranched alkanes of at least 4 members (excludes halogenated alkanes) is 2. The number of hydrogen-bond donors (Lipinski definition) is 0. The number of halogens is 2. The summed E-state index contributed by atoms with van der Waals surface area (Å²) < 4.78 is 6.54. The summed E-state index contributed by atoms with van der Waals surface area (Å²) in [6, 6.07) is 13.4. The number of hydrogen-bond acceptors (Lipinski definition) is 2. The van der Waals surface area contributed by atoms with E-state index in [0.717, 1.165) is 47.2 Å². The van der Waals surface area contributed by atoms with E-state index < -0.39 is 0 Å². The van der Waals surface area contributed by atoms with Gasteiger partial charge in [0.25, 0.3) is 0 Å². The fraction of sp³-hybridized carbons (Fsp3) is 0.278. The first-order chi connectivity index (χ1) is 10.7. The molecule has 2 rings (SSSR count). The van der Waals surface area contributed by atoms with Crippen LogP contribution in [-0.4, -0.2) is 12.9 Å². The Bertz CT molecular complexity index is 611. The van der Waals surface area contributed by atoms with Crippen LogP contribution in [-0.2, 0) is 6.42 Å². The van der Waals surface area contributed by atoms with E-state index in [2.05, 4.69) is 28.1 Å². The Balaban J connectivity index is 1.65. The molecule has 4 heteroatoms. The van der Waals surface area contributed by atoms with Gasteiger partial charge in [0.2, 0.25) is 0 Å². The van der Waals surface area contributed by atoms with Crippen molar-refractivity contribution in [3.63, 3.8) is 0 Å². The molecular formula is C18H18BrClO2. The molecule has 0 amide bonds. The molecule has 0 saturated heterocycles. The number of aryl methyl sites for hydroxylation is 1. The monoisotopic (exact) mass is 380 g/mol. The van der Waals surface area contributed by atoms with E-state index >= 15 is 0 Å². The topological polar surface area (TPSA) is 26.3 Å². The lowest BCUT2D eigenvalue weighted by atomic mass is 10.1. The van der Waals surface area contributed by atoms with Crippen LogP contribution in [0.25, 0.3) is 0 Å². The van der Waals surface area contributed by atoms with E-state index in [0.29, 0.717) is 12.2 Å². The Labute approximate surface area is 144 Å². The van der Waals surface area contributed by atoms with Gasteiger partial charge in [-0.05, 0) is 77.5 Å². The van der Waals surface area contributed by atoms with Gasteiger partial charge in [-0.1, -0.05) is 23.7 Å². The van der Waals surface area contributed by atoms with Crippen LogP contribution < -0.4 is 4.74 Å². The van der Waals surface area contributed by atoms with Crippen molar-refractivity contribution >= 4 is 33.8 Å². The Morgan fingerprint density at radius 2 is 1.82 bits per heavy atom. The molecule has 0 atom stereocenters. The molecule has 116 valence electrons. The first-order valence-corrected chi connectivity index (χ1v) is 8.48. The standard InChI is InChI=1S/C18H18BrClO2/c19-17-12-15(13-21)7-10-18(17)22-11-3-1-2-4-14-5-8-16(20)9-6-14/h5-10,12-13H,1-4,11H2. The Hall–Kier alpha value is -1.32. The van der Waals surface area contributed by atoms with E-state index in [4.69, 9.17) is 16.3 Å².